The molecule has 2 aliphatic rings. The van der Waals surface area contributed by atoms with Crippen molar-refractivity contribution in [3.8, 4) is 0 Å². The van der Waals surface area contributed by atoms with Gasteiger partial charge in [-0.25, -0.2) is 0 Å². The molecule has 0 aromatic heterocycles. The minimum absolute atomic E-state index is 0.339. The van der Waals surface area contributed by atoms with Crippen molar-refractivity contribution in [1.82, 2.24) is 15.1 Å². The van der Waals surface area contributed by atoms with E-state index in [1.807, 2.05) is 11.8 Å². The molecule has 2 heterocycles. The molecule has 4 nitrogen and oxygen atoms in total. The number of carbonyl (C=O) groups excluding carboxylic acids is 1. The molecule has 1 atom stereocenters. The Kier molecular flexibility index (Phi) is 5.98. The smallest absolute Gasteiger partial charge is 0.232 e. The van der Waals surface area contributed by atoms with Crippen LogP contribution in [0.25, 0.3) is 0 Å². The average Bonchev–Trinajstić information content (AvgIpc) is 2.58. The van der Waals surface area contributed by atoms with E-state index in [1.165, 1.54) is 12.8 Å². The fourth-order valence-electron chi connectivity index (χ4n) is 2.98. The van der Waals surface area contributed by atoms with Gasteiger partial charge in [0.15, 0.2) is 0 Å². The lowest BCUT2D eigenvalue weighted by Crippen LogP contribution is -2.43. The summed E-state index contributed by atoms with van der Waals surface area (Å²) < 4.78 is 0. The van der Waals surface area contributed by atoms with Crippen LogP contribution in [0.4, 0.5) is 0 Å². The number of nitrogens with zero attached hydrogens (tertiary/aromatic N) is 2. The van der Waals surface area contributed by atoms with Crippen LogP contribution in [0.3, 0.4) is 0 Å². The molecule has 0 bridgehead atoms. The Labute approximate surface area is 121 Å². The van der Waals surface area contributed by atoms with Crippen molar-refractivity contribution in [2.45, 2.75) is 37.5 Å². The van der Waals surface area contributed by atoms with E-state index in [0.29, 0.717) is 23.0 Å². The summed E-state index contributed by atoms with van der Waals surface area (Å²) in [6.45, 7) is 7.43. The summed E-state index contributed by atoms with van der Waals surface area (Å²) >= 11 is 1.86. The third-order valence-electron chi connectivity index (χ3n) is 4.10. The first-order valence-corrected chi connectivity index (χ1v) is 8.52. The Morgan fingerprint density at radius 3 is 2.79 bits per heavy atom. The lowest BCUT2D eigenvalue weighted by molar-refractivity contribution is -0.130. The number of nitrogens with one attached hydrogen (secondary N) is 1. The largest absolute Gasteiger partial charge is 0.338 e. The van der Waals surface area contributed by atoms with E-state index in [9.17, 15) is 4.79 Å². The monoisotopic (exact) mass is 285 g/mol. The third-order valence-corrected chi connectivity index (χ3v) is 5.45. The molecule has 0 aromatic rings. The molecule has 1 unspecified atom stereocenters. The van der Waals surface area contributed by atoms with Crippen molar-refractivity contribution < 1.29 is 4.79 Å². The van der Waals surface area contributed by atoms with Gasteiger partial charge in [0.1, 0.15) is 0 Å². The predicted molar refractivity (Wildman–Crippen MR) is 81.6 cm³/mol. The molecule has 0 aromatic carbocycles. The van der Waals surface area contributed by atoms with Crippen LogP contribution in [0.15, 0.2) is 0 Å². The predicted octanol–water partition coefficient (Wildman–Crippen LogP) is 1.02. The van der Waals surface area contributed by atoms with Gasteiger partial charge in [-0.1, -0.05) is 0 Å². The molecule has 19 heavy (non-hydrogen) atoms. The number of piperidine rings is 1. The molecule has 1 N–H and O–H groups in total. The molecule has 0 spiro atoms. The van der Waals surface area contributed by atoms with E-state index in [-0.39, 0.29) is 0 Å². The van der Waals surface area contributed by atoms with Gasteiger partial charge in [0.25, 0.3) is 0 Å². The van der Waals surface area contributed by atoms with Crippen LogP contribution in [-0.2, 0) is 4.79 Å². The standard InChI is InChI=1S/C14H27N3OS/c1-12-10-16(2)8-3-9-17(12)14(18)11-19-13-4-6-15-7-5-13/h12-13,15H,3-11H2,1-2H3. The molecule has 2 saturated heterocycles. The Bertz CT molecular complexity index is 294. The number of amides is 1. The molecule has 0 aliphatic carbocycles. The first-order chi connectivity index (χ1) is 9.16. The number of hydrogen-bond donors (Lipinski definition) is 1. The normalized spacial score (nSPS) is 27.3. The van der Waals surface area contributed by atoms with Crippen LogP contribution in [-0.4, -0.2) is 72.5 Å². The van der Waals surface area contributed by atoms with Crippen LogP contribution in [0.1, 0.15) is 26.2 Å². The number of carbonyl (C=O) groups is 1. The molecule has 2 aliphatic heterocycles. The molecule has 1 amide bonds. The van der Waals surface area contributed by atoms with Crippen molar-refractivity contribution in [1.29, 1.82) is 0 Å². The number of hydrogen-bond acceptors (Lipinski definition) is 4. The summed E-state index contributed by atoms with van der Waals surface area (Å²) in [6, 6.07) is 0.355. The van der Waals surface area contributed by atoms with Crippen molar-refractivity contribution >= 4 is 17.7 Å². The summed E-state index contributed by atoms with van der Waals surface area (Å²) in [6.07, 6.45) is 3.51. The highest BCUT2D eigenvalue weighted by Gasteiger charge is 2.24. The summed E-state index contributed by atoms with van der Waals surface area (Å²) in [4.78, 5) is 16.8. The number of likely N-dealkylation sites (N-methyl/N-ethyl adjacent to an activating group) is 1. The highest BCUT2D eigenvalue weighted by molar-refractivity contribution is 8.00. The second-order valence-electron chi connectivity index (χ2n) is 5.81. The van der Waals surface area contributed by atoms with Gasteiger partial charge < -0.3 is 15.1 Å². The highest BCUT2D eigenvalue weighted by atomic mass is 32.2. The quantitative estimate of drug-likeness (QED) is 0.840. The Balaban J connectivity index is 1.77. The van der Waals surface area contributed by atoms with Crippen molar-refractivity contribution in [2.24, 2.45) is 0 Å². The molecule has 5 heteroatoms. The number of rotatable bonds is 3. The first kappa shape index (κ1) is 15.1. The molecule has 110 valence electrons. The van der Waals surface area contributed by atoms with Crippen LogP contribution in [0.5, 0.6) is 0 Å². The minimum Gasteiger partial charge on any atom is -0.338 e. The maximum Gasteiger partial charge on any atom is 0.232 e. The van der Waals surface area contributed by atoms with Gasteiger partial charge >= 0.3 is 0 Å². The molecule has 2 rings (SSSR count). The first-order valence-electron chi connectivity index (χ1n) is 7.47. The van der Waals surface area contributed by atoms with E-state index in [4.69, 9.17) is 0 Å². The zero-order valence-electron chi connectivity index (χ0n) is 12.2. The summed E-state index contributed by atoms with van der Waals surface area (Å²) in [5, 5.41) is 4.05. The summed E-state index contributed by atoms with van der Waals surface area (Å²) in [5.74, 6) is 1.00. The SMILES string of the molecule is CC1CN(C)CCCN1C(=O)CSC1CCNCC1. The van der Waals surface area contributed by atoms with Gasteiger partial charge in [0, 0.05) is 24.4 Å². The molecular weight excluding hydrogens is 258 g/mol. The fourth-order valence-corrected chi connectivity index (χ4v) is 4.09. The Hall–Kier alpha value is -0.260. The van der Waals surface area contributed by atoms with Crippen LogP contribution in [0, 0.1) is 0 Å². The van der Waals surface area contributed by atoms with E-state index in [2.05, 4.69) is 29.1 Å². The lowest BCUT2D eigenvalue weighted by Gasteiger charge is -2.29. The average molecular weight is 285 g/mol. The van der Waals surface area contributed by atoms with Gasteiger partial charge in [-0.05, 0) is 52.9 Å². The van der Waals surface area contributed by atoms with Gasteiger partial charge in [-0.3, -0.25) is 4.79 Å². The Morgan fingerprint density at radius 2 is 2.05 bits per heavy atom. The highest BCUT2D eigenvalue weighted by Crippen LogP contribution is 2.21. The summed E-state index contributed by atoms with van der Waals surface area (Å²) in [5.41, 5.74) is 0. The Morgan fingerprint density at radius 1 is 1.32 bits per heavy atom. The van der Waals surface area contributed by atoms with Crippen molar-refractivity contribution in [3.63, 3.8) is 0 Å². The topological polar surface area (TPSA) is 35.6 Å². The molecular formula is C14H27N3OS. The summed E-state index contributed by atoms with van der Waals surface area (Å²) in [7, 11) is 2.15. The van der Waals surface area contributed by atoms with Gasteiger partial charge in [0.2, 0.25) is 5.91 Å². The maximum atomic E-state index is 12.4. The van der Waals surface area contributed by atoms with Crippen molar-refractivity contribution in [3.05, 3.63) is 0 Å². The number of thioether (sulfide) groups is 1. The zero-order chi connectivity index (χ0) is 13.7. The lowest BCUT2D eigenvalue weighted by atomic mass is 10.2. The van der Waals surface area contributed by atoms with E-state index in [1.54, 1.807) is 0 Å². The molecule has 0 saturated carbocycles. The second-order valence-corrected chi connectivity index (χ2v) is 7.10. The van der Waals surface area contributed by atoms with Crippen molar-refractivity contribution in [2.75, 3.05) is 45.5 Å². The van der Waals surface area contributed by atoms with E-state index >= 15 is 0 Å². The fraction of sp³-hybridized carbons (Fsp3) is 0.929. The van der Waals surface area contributed by atoms with Crippen LogP contribution in [0.2, 0.25) is 0 Å². The van der Waals surface area contributed by atoms with Gasteiger partial charge in [0.05, 0.1) is 5.75 Å². The second kappa shape index (κ2) is 7.50. The van der Waals surface area contributed by atoms with Gasteiger partial charge in [-0.2, -0.15) is 0 Å². The third kappa shape index (κ3) is 4.65. The minimum atomic E-state index is 0.339. The zero-order valence-corrected chi connectivity index (χ0v) is 13.0. The van der Waals surface area contributed by atoms with Crippen LogP contribution >= 0.6 is 11.8 Å². The maximum absolute atomic E-state index is 12.4. The molecule has 0 radical (unpaired) electrons. The van der Waals surface area contributed by atoms with E-state index in [0.717, 1.165) is 39.1 Å². The van der Waals surface area contributed by atoms with E-state index < -0.39 is 0 Å². The van der Waals surface area contributed by atoms with Crippen LogP contribution < -0.4 is 5.32 Å². The van der Waals surface area contributed by atoms with Gasteiger partial charge in [-0.15, -0.1) is 11.8 Å². The molecule has 2 fully saturated rings.